The summed E-state index contributed by atoms with van der Waals surface area (Å²) in [5.74, 6) is -1.87. The van der Waals surface area contributed by atoms with Gasteiger partial charge in [0.2, 0.25) is 0 Å². The molecule has 1 atom stereocenters. The van der Waals surface area contributed by atoms with E-state index < -0.39 is 30.0 Å². The molecular weight excluding hydrogens is 348 g/mol. The predicted octanol–water partition coefficient (Wildman–Crippen LogP) is 2.26. The van der Waals surface area contributed by atoms with Crippen LogP contribution in [0.2, 0.25) is 0 Å². The quantitative estimate of drug-likeness (QED) is 0.625. The maximum atomic E-state index is 13.1. The molecule has 0 radical (unpaired) electrons. The molecule has 3 rings (SSSR count). The van der Waals surface area contributed by atoms with Crippen molar-refractivity contribution < 1.29 is 24.3 Å². The van der Waals surface area contributed by atoms with Crippen LogP contribution in [0, 0.1) is 0 Å². The van der Waals surface area contributed by atoms with Crippen molar-refractivity contribution in [2.45, 2.75) is 19.0 Å². The fraction of sp³-hybridized carbons (Fsp3) is 0.200. The molecule has 7 nitrogen and oxygen atoms in total. The van der Waals surface area contributed by atoms with Gasteiger partial charge < -0.3 is 10.0 Å². The second-order valence-electron chi connectivity index (χ2n) is 6.45. The summed E-state index contributed by atoms with van der Waals surface area (Å²) in [4.78, 5) is 50.1. The summed E-state index contributed by atoms with van der Waals surface area (Å²) in [5, 5.41) is 9.09. The maximum Gasteiger partial charge on any atom is 0.328 e. The normalized spacial score (nSPS) is 19.4. The van der Waals surface area contributed by atoms with Crippen LogP contribution in [0.15, 0.2) is 54.6 Å². The van der Waals surface area contributed by atoms with Gasteiger partial charge in [-0.25, -0.2) is 4.79 Å². The van der Waals surface area contributed by atoms with Crippen LogP contribution < -0.4 is 0 Å². The first-order valence-corrected chi connectivity index (χ1v) is 8.33. The fourth-order valence-electron chi connectivity index (χ4n) is 3.23. The molecule has 138 valence electrons. The number of carbonyl (C=O) groups is 4. The zero-order chi connectivity index (χ0) is 19.6. The first-order chi connectivity index (χ1) is 12.9. The number of rotatable bonds is 6. The van der Waals surface area contributed by atoms with E-state index >= 15 is 0 Å². The van der Waals surface area contributed by atoms with E-state index in [9.17, 15) is 19.2 Å². The smallest absolute Gasteiger partial charge is 0.328 e. The summed E-state index contributed by atoms with van der Waals surface area (Å²) in [7, 11) is 0. The number of carboxylic acids is 1. The molecule has 0 aromatic heterocycles. The van der Waals surface area contributed by atoms with Gasteiger partial charge in [0.05, 0.1) is 0 Å². The van der Waals surface area contributed by atoms with Crippen molar-refractivity contribution >= 4 is 24.2 Å². The van der Waals surface area contributed by atoms with Crippen LogP contribution in [-0.2, 0) is 21.7 Å². The van der Waals surface area contributed by atoms with Crippen LogP contribution in [0.1, 0.15) is 28.4 Å². The van der Waals surface area contributed by atoms with Crippen molar-refractivity contribution in [3.05, 3.63) is 71.3 Å². The molecule has 1 unspecified atom stereocenters. The van der Waals surface area contributed by atoms with E-state index in [0.717, 1.165) is 10.5 Å². The number of carbonyl (C=O) groups excluding carboxylic acids is 3. The van der Waals surface area contributed by atoms with Crippen molar-refractivity contribution in [3.63, 3.8) is 0 Å². The molecule has 3 amide bonds. The number of hydrogen-bond donors (Lipinski definition) is 1. The number of aliphatic carboxylic acids is 1. The van der Waals surface area contributed by atoms with Crippen molar-refractivity contribution in [2.24, 2.45) is 0 Å². The highest BCUT2D eigenvalue weighted by atomic mass is 16.4. The highest BCUT2D eigenvalue weighted by molar-refractivity contribution is 6.08. The standard InChI is InChI=1S/C20H18N2O5/c1-20(16-9-7-15(13-23)8-10-16)18(26)21(12-17(24)25)19(27)22(20)11-14-5-3-2-4-6-14/h2-10,13H,11-12H2,1H3,(H,24,25). The highest BCUT2D eigenvalue weighted by Crippen LogP contribution is 2.38. The third kappa shape index (κ3) is 3.19. The van der Waals surface area contributed by atoms with Gasteiger partial charge in [-0.15, -0.1) is 0 Å². The molecule has 1 saturated heterocycles. The lowest BCUT2D eigenvalue weighted by Gasteiger charge is -2.32. The van der Waals surface area contributed by atoms with E-state index in [-0.39, 0.29) is 6.54 Å². The number of benzene rings is 2. The van der Waals surface area contributed by atoms with E-state index in [0.29, 0.717) is 17.4 Å². The van der Waals surface area contributed by atoms with Crippen molar-refractivity contribution in [3.8, 4) is 0 Å². The van der Waals surface area contributed by atoms with Crippen molar-refractivity contribution in [1.29, 1.82) is 0 Å². The second-order valence-corrected chi connectivity index (χ2v) is 6.45. The fourth-order valence-corrected chi connectivity index (χ4v) is 3.23. The highest BCUT2D eigenvalue weighted by Gasteiger charge is 2.55. The minimum Gasteiger partial charge on any atom is -0.480 e. The van der Waals surface area contributed by atoms with Crippen LogP contribution in [0.4, 0.5) is 4.79 Å². The Morgan fingerprint density at radius 2 is 1.70 bits per heavy atom. The SMILES string of the molecule is CC1(c2ccc(C=O)cc2)C(=O)N(CC(=O)O)C(=O)N1Cc1ccccc1. The molecule has 0 spiro atoms. The van der Waals surface area contributed by atoms with E-state index in [1.165, 1.54) is 4.90 Å². The Balaban J connectivity index is 2.06. The largest absolute Gasteiger partial charge is 0.480 e. The second kappa shape index (κ2) is 7.03. The average molecular weight is 366 g/mol. The summed E-state index contributed by atoms with van der Waals surface area (Å²) >= 11 is 0. The Bertz CT molecular complexity index is 894. The third-order valence-corrected chi connectivity index (χ3v) is 4.75. The van der Waals surface area contributed by atoms with Gasteiger partial charge in [-0.3, -0.25) is 19.3 Å². The topological polar surface area (TPSA) is 95.0 Å². The maximum absolute atomic E-state index is 13.1. The molecule has 7 heteroatoms. The lowest BCUT2D eigenvalue weighted by Crippen LogP contribution is -2.44. The Morgan fingerprint density at radius 1 is 1.07 bits per heavy atom. The molecule has 1 aliphatic rings. The van der Waals surface area contributed by atoms with E-state index in [2.05, 4.69) is 0 Å². The van der Waals surface area contributed by atoms with Gasteiger partial charge in [0.1, 0.15) is 18.4 Å². The van der Waals surface area contributed by atoms with Gasteiger partial charge in [0.15, 0.2) is 0 Å². The molecule has 0 aliphatic carbocycles. The summed E-state index contributed by atoms with van der Waals surface area (Å²) < 4.78 is 0. The van der Waals surface area contributed by atoms with Gasteiger partial charge in [0, 0.05) is 12.1 Å². The zero-order valence-electron chi connectivity index (χ0n) is 14.7. The molecule has 27 heavy (non-hydrogen) atoms. The first kappa shape index (κ1) is 18.3. The molecule has 1 N–H and O–H groups in total. The van der Waals surface area contributed by atoms with Crippen LogP contribution in [0.3, 0.4) is 0 Å². The monoisotopic (exact) mass is 366 g/mol. The summed E-state index contributed by atoms with van der Waals surface area (Å²) in [6.45, 7) is 1.03. The zero-order valence-corrected chi connectivity index (χ0v) is 14.7. The minimum atomic E-state index is -1.37. The third-order valence-electron chi connectivity index (χ3n) is 4.75. The number of carboxylic acid groups (broad SMARTS) is 1. The molecule has 0 bridgehead atoms. The molecule has 0 saturated carbocycles. The average Bonchev–Trinajstić information content (AvgIpc) is 2.85. The predicted molar refractivity (Wildman–Crippen MR) is 95.9 cm³/mol. The van der Waals surface area contributed by atoms with E-state index in [1.807, 2.05) is 30.3 Å². The summed E-state index contributed by atoms with van der Waals surface area (Å²) in [5.41, 5.74) is 0.391. The number of urea groups is 1. The molecule has 1 heterocycles. The lowest BCUT2D eigenvalue weighted by molar-refractivity contribution is -0.143. The Hall–Kier alpha value is -3.48. The van der Waals surface area contributed by atoms with Crippen LogP contribution in [-0.4, -0.2) is 45.6 Å². The number of imide groups is 1. The number of nitrogens with zero attached hydrogens (tertiary/aromatic N) is 2. The lowest BCUT2D eigenvalue weighted by atomic mass is 9.89. The Kier molecular flexibility index (Phi) is 4.77. The molecule has 2 aromatic carbocycles. The van der Waals surface area contributed by atoms with Crippen molar-refractivity contribution in [1.82, 2.24) is 9.80 Å². The van der Waals surface area contributed by atoms with Crippen LogP contribution >= 0.6 is 0 Å². The van der Waals surface area contributed by atoms with E-state index in [4.69, 9.17) is 5.11 Å². The molecule has 2 aromatic rings. The number of hydrogen-bond acceptors (Lipinski definition) is 4. The van der Waals surface area contributed by atoms with Gasteiger partial charge in [-0.2, -0.15) is 0 Å². The van der Waals surface area contributed by atoms with Gasteiger partial charge in [-0.1, -0.05) is 54.6 Å². The van der Waals surface area contributed by atoms with Crippen molar-refractivity contribution in [2.75, 3.05) is 6.54 Å². The number of amides is 3. The van der Waals surface area contributed by atoms with Crippen LogP contribution in [0.25, 0.3) is 0 Å². The molecular formula is C20H18N2O5. The minimum absolute atomic E-state index is 0.146. The van der Waals surface area contributed by atoms with Gasteiger partial charge in [0.25, 0.3) is 5.91 Å². The summed E-state index contributed by atoms with van der Waals surface area (Å²) in [6, 6.07) is 14.8. The van der Waals surface area contributed by atoms with Gasteiger partial charge >= 0.3 is 12.0 Å². The molecule has 1 aliphatic heterocycles. The summed E-state index contributed by atoms with van der Waals surface area (Å²) in [6.07, 6.45) is 0.687. The van der Waals surface area contributed by atoms with Crippen LogP contribution in [0.5, 0.6) is 0 Å². The first-order valence-electron chi connectivity index (χ1n) is 8.33. The van der Waals surface area contributed by atoms with Gasteiger partial charge in [-0.05, 0) is 18.1 Å². The number of aldehydes is 1. The Morgan fingerprint density at radius 3 is 2.26 bits per heavy atom. The Labute approximate surface area is 155 Å². The molecule has 1 fully saturated rings. The van der Waals surface area contributed by atoms with E-state index in [1.54, 1.807) is 31.2 Å².